The Labute approximate surface area is 125 Å². The molecule has 0 fully saturated rings. The van der Waals surface area contributed by atoms with Gasteiger partial charge in [-0.05, 0) is 24.1 Å². The van der Waals surface area contributed by atoms with Gasteiger partial charge in [0.2, 0.25) is 0 Å². The summed E-state index contributed by atoms with van der Waals surface area (Å²) in [5.74, 6) is 0.685. The van der Waals surface area contributed by atoms with Gasteiger partial charge in [0.15, 0.2) is 5.16 Å². The second-order valence-electron chi connectivity index (χ2n) is 4.00. The molecule has 1 N–H and O–H groups in total. The van der Waals surface area contributed by atoms with E-state index in [9.17, 15) is 4.79 Å². The molecule has 2 rings (SSSR count). The number of nitrogens with zero attached hydrogens (tertiary/aromatic N) is 2. The van der Waals surface area contributed by atoms with E-state index in [1.165, 1.54) is 11.8 Å². The van der Waals surface area contributed by atoms with Crippen molar-refractivity contribution >= 4 is 35.0 Å². The van der Waals surface area contributed by atoms with Crippen LogP contribution in [0.5, 0.6) is 0 Å². The second-order valence-corrected chi connectivity index (χ2v) is 5.76. The summed E-state index contributed by atoms with van der Waals surface area (Å²) in [4.78, 5) is 11.5. The quantitative estimate of drug-likeness (QED) is 0.857. The van der Waals surface area contributed by atoms with Crippen LogP contribution in [-0.4, -0.2) is 14.8 Å². The van der Waals surface area contributed by atoms with Crippen LogP contribution in [0.15, 0.2) is 28.2 Å². The van der Waals surface area contributed by atoms with Gasteiger partial charge in [0.1, 0.15) is 0 Å². The normalized spacial score (nSPS) is 10.9. The van der Waals surface area contributed by atoms with Crippen LogP contribution >= 0.6 is 35.0 Å². The molecule has 0 atom stereocenters. The first kappa shape index (κ1) is 14.5. The molecule has 0 aliphatic heterocycles. The number of benzene rings is 1. The standard InChI is InChI=1S/C12H13Cl2N3OS/c1-2-5-17-11(18)15-16-12(17)19-7-8-3-4-9(13)10(14)6-8/h3-4,6H,2,5,7H2,1H3,(H,15,18). The van der Waals surface area contributed by atoms with Crippen molar-refractivity contribution in [1.29, 1.82) is 0 Å². The molecule has 0 saturated heterocycles. The Morgan fingerprint density at radius 1 is 1.37 bits per heavy atom. The molecule has 0 radical (unpaired) electrons. The van der Waals surface area contributed by atoms with Gasteiger partial charge in [0.25, 0.3) is 0 Å². The number of H-pyrrole nitrogens is 1. The Balaban J connectivity index is 2.10. The Morgan fingerprint density at radius 2 is 2.16 bits per heavy atom. The summed E-state index contributed by atoms with van der Waals surface area (Å²) >= 11 is 13.3. The molecule has 19 heavy (non-hydrogen) atoms. The number of rotatable bonds is 5. The van der Waals surface area contributed by atoms with Crippen molar-refractivity contribution in [3.63, 3.8) is 0 Å². The first-order valence-electron chi connectivity index (χ1n) is 5.83. The molecule has 7 heteroatoms. The monoisotopic (exact) mass is 317 g/mol. The van der Waals surface area contributed by atoms with Crippen molar-refractivity contribution in [2.75, 3.05) is 0 Å². The summed E-state index contributed by atoms with van der Waals surface area (Å²) in [5, 5.41) is 8.25. The lowest BCUT2D eigenvalue weighted by Crippen LogP contribution is -2.17. The molecule has 1 aromatic carbocycles. The van der Waals surface area contributed by atoms with Crippen LogP contribution in [0.1, 0.15) is 18.9 Å². The van der Waals surface area contributed by atoms with Crippen LogP contribution in [0.3, 0.4) is 0 Å². The van der Waals surface area contributed by atoms with Crippen molar-refractivity contribution in [1.82, 2.24) is 14.8 Å². The molecule has 0 aliphatic carbocycles. The molecular weight excluding hydrogens is 305 g/mol. The zero-order valence-electron chi connectivity index (χ0n) is 10.3. The SMILES string of the molecule is CCCn1c(SCc2ccc(Cl)c(Cl)c2)n[nH]c1=O. The fourth-order valence-corrected chi connectivity index (χ4v) is 2.85. The zero-order valence-corrected chi connectivity index (χ0v) is 12.6. The maximum Gasteiger partial charge on any atom is 0.343 e. The summed E-state index contributed by atoms with van der Waals surface area (Å²) in [6.07, 6.45) is 0.889. The van der Waals surface area contributed by atoms with Gasteiger partial charge in [0.05, 0.1) is 10.0 Å². The van der Waals surface area contributed by atoms with Crippen molar-refractivity contribution in [2.24, 2.45) is 0 Å². The van der Waals surface area contributed by atoms with Crippen molar-refractivity contribution < 1.29 is 0 Å². The number of nitrogens with one attached hydrogen (secondary N) is 1. The van der Waals surface area contributed by atoms with E-state index in [0.29, 0.717) is 27.5 Å². The fourth-order valence-electron chi connectivity index (χ4n) is 1.61. The van der Waals surface area contributed by atoms with E-state index in [2.05, 4.69) is 10.2 Å². The van der Waals surface area contributed by atoms with Crippen molar-refractivity contribution in [2.45, 2.75) is 30.8 Å². The predicted octanol–water partition coefficient (Wildman–Crippen LogP) is 3.58. The van der Waals surface area contributed by atoms with Crippen molar-refractivity contribution in [3.8, 4) is 0 Å². The van der Waals surface area contributed by atoms with E-state index < -0.39 is 0 Å². The number of thioether (sulfide) groups is 1. The van der Waals surface area contributed by atoms with Gasteiger partial charge in [-0.15, -0.1) is 5.10 Å². The molecular formula is C12H13Cl2N3OS. The maximum atomic E-state index is 11.5. The average molecular weight is 318 g/mol. The number of aromatic nitrogens is 3. The molecule has 0 spiro atoms. The smallest absolute Gasteiger partial charge is 0.270 e. The highest BCUT2D eigenvalue weighted by molar-refractivity contribution is 7.98. The molecule has 1 heterocycles. The third kappa shape index (κ3) is 3.55. The van der Waals surface area contributed by atoms with Crippen LogP contribution in [0.4, 0.5) is 0 Å². The Bertz CT molecular complexity index is 624. The molecule has 0 amide bonds. The summed E-state index contributed by atoms with van der Waals surface area (Å²) in [6, 6.07) is 5.51. The molecule has 102 valence electrons. The van der Waals surface area contributed by atoms with Crippen LogP contribution in [0, 0.1) is 0 Å². The van der Waals surface area contributed by atoms with Crippen LogP contribution < -0.4 is 5.69 Å². The first-order valence-corrected chi connectivity index (χ1v) is 7.58. The van der Waals surface area contributed by atoms with Gasteiger partial charge in [-0.2, -0.15) is 0 Å². The summed E-state index contributed by atoms with van der Waals surface area (Å²) in [6.45, 7) is 2.69. The molecule has 0 aliphatic rings. The summed E-state index contributed by atoms with van der Waals surface area (Å²) in [5.41, 5.74) is 0.872. The largest absolute Gasteiger partial charge is 0.343 e. The summed E-state index contributed by atoms with van der Waals surface area (Å²) < 4.78 is 1.64. The van der Waals surface area contributed by atoms with E-state index in [4.69, 9.17) is 23.2 Å². The van der Waals surface area contributed by atoms with Gasteiger partial charge in [-0.3, -0.25) is 4.57 Å². The lowest BCUT2D eigenvalue weighted by Gasteiger charge is -2.04. The van der Waals surface area contributed by atoms with Gasteiger partial charge in [-0.25, -0.2) is 9.89 Å². The van der Waals surface area contributed by atoms with Crippen LogP contribution in [0.25, 0.3) is 0 Å². The Kier molecular flexibility index (Phi) is 4.96. The number of hydrogen-bond donors (Lipinski definition) is 1. The van der Waals surface area contributed by atoms with Gasteiger partial charge in [0, 0.05) is 12.3 Å². The molecule has 2 aromatic rings. The number of hydrogen-bond acceptors (Lipinski definition) is 3. The molecule has 4 nitrogen and oxygen atoms in total. The zero-order chi connectivity index (χ0) is 13.8. The Hall–Kier alpha value is -0.910. The van der Waals surface area contributed by atoms with Gasteiger partial charge < -0.3 is 0 Å². The van der Waals surface area contributed by atoms with Crippen LogP contribution in [0.2, 0.25) is 10.0 Å². The highest BCUT2D eigenvalue weighted by Gasteiger charge is 2.08. The minimum absolute atomic E-state index is 0.168. The predicted molar refractivity (Wildman–Crippen MR) is 79.2 cm³/mol. The van der Waals surface area contributed by atoms with Crippen LogP contribution in [-0.2, 0) is 12.3 Å². The van der Waals surface area contributed by atoms with E-state index >= 15 is 0 Å². The van der Waals surface area contributed by atoms with E-state index in [1.807, 2.05) is 19.1 Å². The van der Waals surface area contributed by atoms with Crippen molar-refractivity contribution in [3.05, 3.63) is 44.3 Å². The lowest BCUT2D eigenvalue weighted by atomic mass is 10.2. The third-order valence-electron chi connectivity index (χ3n) is 2.52. The Morgan fingerprint density at radius 3 is 2.84 bits per heavy atom. The first-order chi connectivity index (χ1) is 9.11. The minimum atomic E-state index is -0.168. The second kappa shape index (κ2) is 6.50. The average Bonchev–Trinajstić information content (AvgIpc) is 2.73. The highest BCUT2D eigenvalue weighted by atomic mass is 35.5. The number of halogens is 2. The highest BCUT2D eigenvalue weighted by Crippen LogP contribution is 2.26. The molecule has 0 unspecified atom stereocenters. The molecule has 1 aromatic heterocycles. The minimum Gasteiger partial charge on any atom is -0.270 e. The van der Waals surface area contributed by atoms with E-state index in [1.54, 1.807) is 10.6 Å². The molecule has 0 bridgehead atoms. The molecule has 0 saturated carbocycles. The third-order valence-corrected chi connectivity index (χ3v) is 4.31. The topological polar surface area (TPSA) is 50.7 Å². The van der Waals surface area contributed by atoms with Gasteiger partial charge >= 0.3 is 5.69 Å². The number of aromatic amines is 1. The lowest BCUT2D eigenvalue weighted by molar-refractivity contribution is 0.604. The van der Waals surface area contributed by atoms with E-state index in [-0.39, 0.29) is 5.69 Å². The van der Waals surface area contributed by atoms with Gasteiger partial charge in [-0.1, -0.05) is 48.0 Å². The maximum absolute atomic E-state index is 11.5. The fraction of sp³-hybridized carbons (Fsp3) is 0.333. The summed E-state index contributed by atoms with van der Waals surface area (Å²) in [7, 11) is 0. The van der Waals surface area contributed by atoms with E-state index in [0.717, 1.165) is 12.0 Å².